The largest absolute Gasteiger partial charge is 0.494 e. The highest BCUT2D eigenvalue weighted by atomic mass is 16.5. The fraction of sp³-hybridized carbons (Fsp3) is 0.214. The zero-order chi connectivity index (χ0) is 23.0. The van der Waals surface area contributed by atoms with E-state index in [-0.39, 0.29) is 11.9 Å². The summed E-state index contributed by atoms with van der Waals surface area (Å²) in [7, 11) is 0. The molecule has 0 saturated carbocycles. The zero-order valence-corrected chi connectivity index (χ0v) is 19.0. The number of hydrogen-bond acceptors (Lipinski definition) is 4. The average molecular weight is 441 g/mol. The Kier molecular flexibility index (Phi) is 7.20. The number of rotatable bonds is 9. The van der Waals surface area contributed by atoms with Gasteiger partial charge in [-0.25, -0.2) is 4.98 Å². The van der Waals surface area contributed by atoms with Crippen LogP contribution in [0.2, 0.25) is 0 Å². The molecule has 1 amide bonds. The van der Waals surface area contributed by atoms with Gasteiger partial charge < -0.3 is 14.5 Å². The predicted octanol–water partition coefficient (Wildman–Crippen LogP) is 6.22. The molecule has 0 aliphatic carbocycles. The van der Waals surface area contributed by atoms with Crippen LogP contribution in [0.15, 0.2) is 89.3 Å². The average Bonchev–Trinajstić information content (AvgIpc) is 3.29. The topological polar surface area (TPSA) is 64.4 Å². The first-order valence-electron chi connectivity index (χ1n) is 11.3. The molecule has 1 heterocycles. The maximum absolute atomic E-state index is 12.6. The molecule has 0 aliphatic heterocycles. The normalized spacial score (nSPS) is 11.7. The van der Waals surface area contributed by atoms with Gasteiger partial charge in [0.2, 0.25) is 5.91 Å². The van der Waals surface area contributed by atoms with Gasteiger partial charge in [0.05, 0.1) is 12.6 Å². The first-order chi connectivity index (χ1) is 16.1. The van der Waals surface area contributed by atoms with Crippen molar-refractivity contribution in [2.45, 2.75) is 32.7 Å². The van der Waals surface area contributed by atoms with Gasteiger partial charge in [-0.3, -0.25) is 4.79 Å². The van der Waals surface area contributed by atoms with E-state index in [9.17, 15) is 4.79 Å². The van der Waals surface area contributed by atoms with Gasteiger partial charge in [0.1, 0.15) is 11.4 Å². The van der Waals surface area contributed by atoms with E-state index in [0.717, 1.165) is 33.9 Å². The lowest BCUT2D eigenvalue weighted by atomic mass is 10.1. The lowest BCUT2D eigenvalue weighted by Gasteiger charge is -2.14. The molecule has 5 nitrogen and oxygen atoms in total. The smallest absolute Gasteiger partial charge is 0.220 e. The molecule has 0 bridgehead atoms. The molecule has 1 aromatic heterocycles. The second-order valence-electron chi connectivity index (χ2n) is 7.81. The van der Waals surface area contributed by atoms with Crippen LogP contribution in [-0.2, 0) is 11.2 Å². The van der Waals surface area contributed by atoms with Gasteiger partial charge in [-0.2, -0.15) is 0 Å². The fourth-order valence-electron chi connectivity index (χ4n) is 3.69. The monoisotopic (exact) mass is 440 g/mol. The summed E-state index contributed by atoms with van der Waals surface area (Å²) < 4.78 is 11.6. The van der Waals surface area contributed by atoms with Crippen LogP contribution in [-0.4, -0.2) is 17.5 Å². The second kappa shape index (κ2) is 10.6. The molecule has 4 rings (SSSR count). The summed E-state index contributed by atoms with van der Waals surface area (Å²) >= 11 is 0. The third-order valence-corrected chi connectivity index (χ3v) is 5.39. The Hall–Kier alpha value is -3.86. The van der Waals surface area contributed by atoms with Crippen LogP contribution < -0.4 is 10.1 Å². The Morgan fingerprint density at radius 1 is 0.939 bits per heavy atom. The number of aromatic nitrogens is 1. The van der Waals surface area contributed by atoms with Crippen molar-refractivity contribution in [3.05, 3.63) is 96.4 Å². The molecule has 0 spiro atoms. The highest BCUT2D eigenvalue weighted by Crippen LogP contribution is 2.32. The summed E-state index contributed by atoms with van der Waals surface area (Å²) in [5, 5.41) is 3.05. The van der Waals surface area contributed by atoms with E-state index in [1.165, 1.54) is 0 Å². The maximum atomic E-state index is 12.6. The summed E-state index contributed by atoms with van der Waals surface area (Å²) in [6.07, 6.45) is 0.721. The van der Waals surface area contributed by atoms with Gasteiger partial charge in [0, 0.05) is 24.0 Å². The van der Waals surface area contributed by atoms with E-state index in [0.29, 0.717) is 25.3 Å². The van der Waals surface area contributed by atoms with Gasteiger partial charge in [-0.05, 0) is 31.5 Å². The number of amides is 1. The summed E-state index contributed by atoms with van der Waals surface area (Å²) in [4.78, 5) is 17.3. The molecule has 0 fully saturated rings. The van der Waals surface area contributed by atoms with E-state index < -0.39 is 0 Å². The zero-order valence-electron chi connectivity index (χ0n) is 19.0. The van der Waals surface area contributed by atoms with Gasteiger partial charge in [-0.15, -0.1) is 0 Å². The molecule has 0 radical (unpaired) electrons. The quantitative estimate of drug-likeness (QED) is 0.336. The molecule has 168 valence electrons. The number of carbonyl (C=O) groups excluding carboxylic acids is 1. The minimum absolute atomic E-state index is 0.0443. The molecule has 0 saturated heterocycles. The molecule has 4 aromatic rings. The second-order valence-corrected chi connectivity index (χ2v) is 7.81. The van der Waals surface area contributed by atoms with Crippen molar-refractivity contribution in [3.8, 4) is 28.3 Å². The van der Waals surface area contributed by atoms with Gasteiger partial charge in [0.25, 0.3) is 0 Å². The number of ether oxygens (including phenoxy) is 1. The third-order valence-electron chi connectivity index (χ3n) is 5.39. The molecule has 5 heteroatoms. The van der Waals surface area contributed by atoms with E-state index in [4.69, 9.17) is 14.1 Å². The molecular weight excluding hydrogens is 412 g/mol. The van der Waals surface area contributed by atoms with Crippen LogP contribution >= 0.6 is 0 Å². The highest BCUT2D eigenvalue weighted by molar-refractivity contribution is 5.78. The predicted molar refractivity (Wildman–Crippen MR) is 130 cm³/mol. The molecule has 3 aromatic carbocycles. The first-order valence-corrected chi connectivity index (χ1v) is 11.3. The van der Waals surface area contributed by atoms with Crippen LogP contribution in [0.4, 0.5) is 0 Å². The molecular formula is C28H28N2O3. The van der Waals surface area contributed by atoms with Crippen molar-refractivity contribution in [2.24, 2.45) is 0 Å². The van der Waals surface area contributed by atoms with Crippen molar-refractivity contribution in [3.63, 3.8) is 0 Å². The van der Waals surface area contributed by atoms with Crippen LogP contribution in [0.5, 0.6) is 5.75 Å². The van der Waals surface area contributed by atoms with Crippen molar-refractivity contribution >= 4 is 5.91 Å². The van der Waals surface area contributed by atoms with Crippen LogP contribution in [0.3, 0.4) is 0 Å². The Labute approximate surface area is 194 Å². The number of benzene rings is 3. The van der Waals surface area contributed by atoms with Gasteiger partial charge in [0.15, 0.2) is 11.7 Å². The molecule has 1 atom stereocenters. The van der Waals surface area contributed by atoms with E-state index in [2.05, 4.69) is 5.32 Å². The van der Waals surface area contributed by atoms with Crippen LogP contribution in [0, 0.1) is 0 Å². The number of oxazole rings is 1. The molecule has 1 N–H and O–H groups in total. The lowest BCUT2D eigenvalue weighted by Crippen LogP contribution is -2.26. The summed E-state index contributed by atoms with van der Waals surface area (Å²) in [5.41, 5.74) is 3.77. The molecule has 0 aliphatic rings. The van der Waals surface area contributed by atoms with E-state index in [1.54, 1.807) is 0 Å². The number of nitrogens with zero attached hydrogens (tertiary/aromatic N) is 1. The first kappa shape index (κ1) is 22.3. The fourth-order valence-corrected chi connectivity index (χ4v) is 3.69. The Balaban J connectivity index is 1.43. The van der Waals surface area contributed by atoms with Gasteiger partial charge >= 0.3 is 0 Å². The molecule has 1 unspecified atom stereocenters. The van der Waals surface area contributed by atoms with E-state index in [1.807, 2.05) is 98.8 Å². The number of carbonyl (C=O) groups is 1. The molecule has 33 heavy (non-hydrogen) atoms. The maximum Gasteiger partial charge on any atom is 0.220 e. The standard InChI is InChI=1S/C28H28N2O3/c1-3-32-24-16-14-21(15-17-24)20(2)29-25(31)18-19-26-30-27(22-10-6-4-7-11-22)28(33-26)23-12-8-5-9-13-23/h4-17,20H,3,18-19H2,1-2H3,(H,29,31). The SMILES string of the molecule is CCOc1ccc(C(C)NC(=O)CCc2nc(-c3ccccc3)c(-c3ccccc3)o2)cc1. The highest BCUT2D eigenvalue weighted by Gasteiger charge is 2.18. The van der Waals surface area contributed by atoms with Crippen molar-refractivity contribution < 1.29 is 13.9 Å². The summed E-state index contributed by atoms with van der Waals surface area (Å²) in [5.74, 6) is 2.06. The van der Waals surface area contributed by atoms with Crippen molar-refractivity contribution in [1.29, 1.82) is 0 Å². The summed E-state index contributed by atoms with van der Waals surface area (Å²) in [6, 6.07) is 27.6. The minimum Gasteiger partial charge on any atom is -0.494 e. The third kappa shape index (κ3) is 5.69. The van der Waals surface area contributed by atoms with Crippen LogP contribution in [0.25, 0.3) is 22.6 Å². The summed E-state index contributed by atoms with van der Waals surface area (Å²) in [6.45, 7) is 4.56. The van der Waals surface area contributed by atoms with Gasteiger partial charge in [-0.1, -0.05) is 72.8 Å². The Bertz CT molecular complexity index is 1110. The van der Waals surface area contributed by atoms with E-state index >= 15 is 0 Å². The van der Waals surface area contributed by atoms with Crippen LogP contribution in [0.1, 0.15) is 37.8 Å². The number of aryl methyl sites for hydroxylation is 1. The van der Waals surface area contributed by atoms with Crippen molar-refractivity contribution in [1.82, 2.24) is 10.3 Å². The minimum atomic E-state index is -0.0995. The van der Waals surface area contributed by atoms with Crippen molar-refractivity contribution in [2.75, 3.05) is 6.61 Å². The Morgan fingerprint density at radius 2 is 1.58 bits per heavy atom. The lowest BCUT2D eigenvalue weighted by molar-refractivity contribution is -0.121. The number of hydrogen-bond donors (Lipinski definition) is 1. The number of nitrogens with one attached hydrogen (secondary N) is 1. The Morgan fingerprint density at radius 3 is 2.21 bits per heavy atom.